The summed E-state index contributed by atoms with van der Waals surface area (Å²) in [5.41, 5.74) is 7.22. The van der Waals surface area contributed by atoms with Crippen molar-refractivity contribution in [2.75, 3.05) is 19.0 Å². The van der Waals surface area contributed by atoms with Crippen LogP contribution in [0.25, 0.3) is 0 Å². The van der Waals surface area contributed by atoms with E-state index in [0.717, 1.165) is 32.7 Å². The Kier molecular flexibility index (Phi) is 6.63. The Labute approximate surface area is 215 Å². The van der Waals surface area contributed by atoms with E-state index >= 15 is 0 Å². The summed E-state index contributed by atoms with van der Waals surface area (Å²) in [5, 5.41) is 3.82. The van der Waals surface area contributed by atoms with E-state index in [4.69, 9.17) is 14.5 Å². The molecule has 0 unspecified atom stereocenters. The van der Waals surface area contributed by atoms with Crippen LogP contribution < -0.4 is 14.8 Å². The van der Waals surface area contributed by atoms with E-state index in [-0.39, 0.29) is 0 Å². The molecule has 1 heterocycles. The van der Waals surface area contributed by atoms with E-state index < -0.39 is 0 Å². The minimum Gasteiger partial charge on any atom is -0.493 e. The van der Waals surface area contributed by atoms with Gasteiger partial charge in [-0.3, -0.25) is 4.99 Å². The Morgan fingerprint density at radius 2 is 1.94 bits per heavy atom. The van der Waals surface area contributed by atoms with Crippen LogP contribution >= 0.6 is 22.6 Å². The van der Waals surface area contributed by atoms with Crippen LogP contribution in [0.4, 0.5) is 11.4 Å². The van der Waals surface area contributed by atoms with Gasteiger partial charge in [-0.1, -0.05) is 42.0 Å². The highest BCUT2D eigenvalue weighted by Crippen LogP contribution is 2.50. The summed E-state index contributed by atoms with van der Waals surface area (Å²) in [7, 11) is 1.66. The number of methoxy groups -OCH3 is 1. The molecule has 5 rings (SSSR count). The highest BCUT2D eigenvalue weighted by Gasteiger charge is 2.37. The molecule has 0 bridgehead atoms. The molecule has 0 saturated carbocycles. The molecule has 2 aliphatic rings. The molecule has 3 atom stereocenters. The highest BCUT2D eigenvalue weighted by molar-refractivity contribution is 14.1. The second-order valence-electron chi connectivity index (χ2n) is 8.88. The van der Waals surface area contributed by atoms with Gasteiger partial charge in [0, 0.05) is 17.8 Å². The normalized spacial score (nSPS) is 20.6. The second kappa shape index (κ2) is 9.82. The lowest BCUT2D eigenvalue weighted by atomic mass is 9.76. The Morgan fingerprint density at radius 3 is 2.71 bits per heavy atom. The van der Waals surface area contributed by atoms with Crippen molar-refractivity contribution in [1.82, 2.24) is 0 Å². The van der Waals surface area contributed by atoms with Crippen LogP contribution in [0, 0.1) is 16.4 Å². The zero-order valence-corrected chi connectivity index (χ0v) is 21.9. The number of aryl methyl sites for hydroxylation is 1. The molecule has 1 N–H and O–H groups in total. The first kappa shape index (κ1) is 23.0. The monoisotopic (exact) mass is 564 g/mol. The summed E-state index contributed by atoms with van der Waals surface area (Å²) < 4.78 is 12.2. The lowest BCUT2D eigenvalue weighted by molar-refractivity contribution is 0.308. The van der Waals surface area contributed by atoms with Crippen molar-refractivity contribution < 1.29 is 9.47 Å². The number of fused-ring (bicyclic) bond motifs is 3. The number of hydrogen-bond donors (Lipinski definition) is 1. The zero-order valence-electron chi connectivity index (χ0n) is 19.7. The second-order valence-corrected chi connectivity index (χ2v) is 10.0. The molecule has 1 aliphatic carbocycles. The van der Waals surface area contributed by atoms with E-state index in [0.29, 0.717) is 24.5 Å². The maximum absolute atomic E-state index is 5.72. The van der Waals surface area contributed by atoms with Crippen molar-refractivity contribution >= 4 is 40.2 Å². The summed E-state index contributed by atoms with van der Waals surface area (Å²) in [6.45, 7) is 4.74. The number of nitrogens with one attached hydrogen (secondary N) is 1. The first-order valence-corrected chi connectivity index (χ1v) is 12.8. The van der Waals surface area contributed by atoms with Gasteiger partial charge in [-0.15, -0.1) is 0 Å². The summed E-state index contributed by atoms with van der Waals surface area (Å²) in [5.74, 6) is 2.53. The van der Waals surface area contributed by atoms with Crippen molar-refractivity contribution in [2.24, 2.45) is 10.9 Å². The third kappa shape index (κ3) is 4.45. The number of allylic oxidation sites excluding steroid dienone is 2. The molecule has 0 radical (unpaired) electrons. The van der Waals surface area contributed by atoms with Gasteiger partial charge in [-0.2, -0.15) is 0 Å². The minimum absolute atomic E-state index is 0.296. The van der Waals surface area contributed by atoms with Crippen LogP contribution in [0.15, 0.2) is 71.7 Å². The summed E-state index contributed by atoms with van der Waals surface area (Å²) in [6.07, 6.45) is 7.71. The van der Waals surface area contributed by atoms with Crippen molar-refractivity contribution in [3.05, 3.63) is 92.6 Å². The molecule has 0 fully saturated rings. The fraction of sp³-hybridized carbons (Fsp3) is 0.276. The van der Waals surface area contributed by atoms with Crippen molar-refractivity contribution in [3.8, 4) is 11.5 Å². The topological polar surface area (TPSA) is 42.8 Å². The van der Waals surface area contributed by atoms with Crippen molar-refractivity contribution in [1.29, 1.82) is 0 Å². The van der Waals surface area contributed by atoms with Gasteiger partial charge in [0.2, 0.25) is 0 Å². The number of halogens is 1. The fourth-order valence-electron chi connectivity index (χ4n) is 5.06. The fourth-order valence-corrected chi connectivity index (χ4v) is 5.84. The maximum atomic E-state index is 5.72. The molecule has 3 aromatic carbocycles. The first-order chi connectivity index (χ1) is 16.6. The van der Waals surface area contributed by atoms with E-state index in [1.807, 2.05) is 19.2 Å². The van der Waals surface area contributed by atoms with Crippen LogP contribution in [-0.4, -0.2) is 19.9 Å². The van der Waals surface area contributed by atoms with Gasteiger partial charge in [0.25, 0.3) is 0 Å². The van der Waals surface area contributed by atoms with Gasteiger partial charge < -0.3 is 14.8 Å². The number of hydrogen-bond acceptors (Lipinski definition) is 4. The largest absolute Gasteiger partial charge is 0.493 e. The standard InChI is InChI=1S/C29H29IN2O2/c1-4-34-29-25(30)15-19(16-27(29)33-3)17-31-21-11-9-20(10-12-21)28-23-7-5-6-22(23)24-14-18(2)8-13-26(24)32-28/h5-6,8-17,22-23,28,32H,4,7H2,1-3H3/t22-,23+,28-/m0/s1. The molecule has 0 saturated heterocycles. The molecule has 174 valence electrons. The Bertz CT molecular complexity index is 1250. The molecule has 3 aromatic rings. The number of aliphatic imine (C=N–C) groups is 1. The maximum Gasteiger partial charge on any atom is 0.174 e. The SMILES string of the molecule is CCOc1c(I)cc(C=Nc2ccc([C@@H]3Nc4ccc(C)cc4[C@H]4C=CC[C@H]43)cc2)cc1OC. The summed E-state index contributed by atoms with van der Waals surface area (Å²) >= 11 is 2.28. The minimum atomic E-state index is 0.296. The lowest BCUT2D eigenvalue weighted by Gasteiger charge is -2.37. The number of benzene rings is 3. The molecular weight excluding hydrogens is 535 g/mol. The lowest BCUT2D eigenvalue weighted by Crippen LogP contribution is -2.29. The van der Waals surface area contributed by atoms with E-state index in [2.05, 4.69) is 95.5 Å². The Balaban J connectivity index is 1.36. The quantitative estimate of drug-likeness (QED) is 0.191. The van der Waals surface area contributed by atoms with Crippen LogP contribution in [0.3, 0.4) is 0 Å². The van der Waals surface area contributed by atoms with Crippen molar-refractivity contribution in [2.45, 2.75) is 32.2 Å². The predicted octanol–water partition coefficient (Wildman–Crippen LogP) is 7.58. The van der Waals surface area contributed by atoms with Crippen LogP contribution in [0.1, 0.15) is 47.6 Å². The molecule has 34 heavy (non-hydrogen) atoms. The number of nitrogens with zero attached hydrogens (tertiary/aromatic N) is 1. The molecule has 4 nitrogen and oxygen atoms in total. The number of rotatable bonds is 6. The van der Waals surface area contributed by atoms with Crippen LogP contribution in [0.2, 0.25) is 0 Å². The van der Waals surface area contributed by atoms with E-state index in [1.165, 1.54) is 22.4 Å². The van der Waals surface area contributed by atoms with Gasteiger partial charge >= 0.3 is 0 Å². The van der Waals surface area contributed by atoms with Gasteiger partial charge in [0.15, 0.2) is 11.5 Å². The van der Waals surface area contributed by atoms with Crippen LogP contribution in [-0.2, 0) is 0 Å². The first-order valence-electron chi connectivity index (χ1n) is 11.8. The van der Waals surface area contributed by atoms with E-state index in [1.54, 1.807) is 7.11 Å². The zero-order chi connectivity index (χ0) is 23.7. The molecular formula is C29H29IN2O2. The molecule has 0 amide bonds. The van der Waals surface area contributed by atoms with Gasteiger partial charge in [-0.05, 0) is 95.8 Å². The third-order valence-corrected chi connectivity index (χ3v) is 7.47. The van der Waals surface area contributed by atoms with Crippen LogP contribution in [0.5, 0.6) is 11.5 Å². The molecule has 0 spiro atoms. The summed E-state index contributed by atoms with van der Waals surface area (Å²) in [6, 6.07) is 19.7. The van der Waals surface area contributed by atoms with Gasteiger partial charge in [0.1, 0.15) is 0 Å². The number of anilines is 1. The summed E-state index contributed by atoms with van der Waals surface area (Å²) in [4.78, 5) is 4.71. The molecule has 5 heteroatoms. The Hall–Kier alpha value is -2.80. The smallest absolute Gasteiger partial charge is 0.174 e. The van der Waals surface area contributed by atoms with Crippen molar-refractivity contribution in [3.63, 3.8) is 0 Å². The third-order valence-electron chi connectivity index (χ3n) is 6.67. The average Bonchev–Trinajstić information content (AvgIpc) is 3.34. The molecule has 0 aromatic heterocycles. The van der Waals surface area contributed by atoms with Gasteiger partial charge in [-0.25, -0.2) is 0 Å². The number of ether oxygens (including phenoxy) is 2. The average molecular weight is 564 g/mol. The Morgan fingerprint density at radius 1 is 1.12 bits per heavy atom. The van der Waals surface area contributed by atoms with Gasteiger partial charge in [0.05, 0.1) is 29.0 Å². The predicted molar refractivity (Wildman–Crippen MR) is 148 cm³/mol. The van der Waals surface area contributed by atoms with E-state index in [9.17, 15) is 0 Å². The molecule has 1 aliphatic heterocycles. The highest BCUT2D eigenvalue weighted by atomic mass is 127.